The lowest BCUT2D eigenvalue weighted by Gasteiger charge is -2.39. The molecule has 5 heteroatoms. The second kappa shape index (κ2) is 7.18. The highest BCUT2D eigenvalue weighted by atomic mass is 79.9. The maximum Gasteiger partial charge on any atom is 0.249 e. The Morgan fingerprint density at radius 1 is 1.08 bits per heavy atom. The molecular formula is C19H19BrN2O2. The van der Waals surface area contributed by atoms with Crippen LogP contribution in [0.3, 0.4) is 0 Å². The van der Waals surface area contributed by atoms with Crippen molar-refractivity contribution in [2.75, 3.05) is 18.0 Å². The van der Waals surface area contributed by atoms with E-state index in [-0.39, 0.29) is 11.8 Å². The van der Waals surface area contributed by atoms with Crippen LogP contribution in [0.2, 0.25) is 0 Å². The molecule has 4 nitrogen and oxygen atoms in total. The summed E-state index contributed by atoms with van der Waals surface area (Å²) in [6.45, 7) is 2.87. The van der Waals surface area contributed by atoms with Gasteiger partial charge < -0.3 is 9.80 Å². The molecule has 0 radical (unpaired) electrons. The summed E-state index contributed by atoms with van der Waals surface area (Å²) >= 11 is 3.40. The van der Waals surface area contributed by atoms with E-state index in [0.717, 1.165) is 15.7 Å². The number of piperazine rings is 1. The SMILES string of the molecule is C[C@H]1C(=O)N(c2ccc(Br)cc2)CCN1C(=O)Cc1ccccc1. The monoisotopic (exact) mass is 386 g/mol. The highest BCUT2D eigenvalue weighted by molar-refractivity contribution is 9.10. The van der Waals surface area contributed by atoms with Crippen molar-refractivity contribution in [3.8, 4) is 0 Å². The highest BCUT2D eigenvalue weighted by Crippen LogP contribution is 2.23. The van der Waals surface area contributed by atoms with Crippen LogP contribution in [-0.2, 0) is 16.0 Å². The van der Waals surface area contributed by atoms with E-state index in [0.29, 0.717) is 19.5 Å². The fourth-order valence-electron chi connectivity index (χ4n) is 2.96. The van der Waals surface area contributed by atoms with Crippen molar-refractivity contribution in [1.29, 1.82) is 0 Å². The Morgan fingerprint density at radius 3 is 2.42 bits per heavy atom. The lowest BCUT2D eigenvalue weighted by Crippen LogP contribution is -2.58. The van der Waals surface area contributed by atoms with E-state index in [1.165, 1.54) is 0 Å². The first-order chi connectivity index (χ1) is 11.6. The maximum absolute atomic E-state index is 12.7. The molecule has 124 valence electrons. The van der Waals surface area contributed by atoms with Gasteiger partial charge in [0.1, 0.15) is 6.04 Å². The Kier molecular flexibility index (Phi) is 5.00. The first-order valence-corrected chi connectivity index (χ1v) is 8.76. The number of carbonyl (C=O) groups is 2. The third-order valence-corrected chi connectivity index (χ3v) is 4.84. The molecule has 3 rings (SSSR count). The van der Waals surface area contributed by atoms with Crippen molar-refractivity contribution in [2.24, 2.45) is 0 Å². The zero-order chi connectivity index (χ0) is 17.1. The number of amides is 2. The lowest BCUT2D eigenvalue weighted by atomic mass is 10.1. The van der Waals surface area contributed by atoms with Crippen LogP contribution < -0.4 is 4.90 Å². The fraction of sp³-hybridized carbons (Fsp3) is 0.263. The van der Waals surface area contributed by atoms with Crippen LogP contribution in [0, 0.1) is 0 Å². The third kappa shape index (κ3) is 3.51. The molecule has 1 fully saturated rings. The Hall–Kier alpha value is -2.14. The van der Waals surface area contributed by atoms with Crippen LogP contribution in [0.1, 0.15) is 12.5 Å². The second-order valence-electron chi connectivity index (χ2n) is 5.89. The number of benzene rings is 2. The Balaban J connectivity index is 1.70. The number of hydrogen-bond donors (Lipinski definition) is 0. The van der Waals surface area contributed by atoms with E-state index in [1.54, 1.807) is 16.7 Å². The summed E-state index contributed by atoms with van der Waals surface area (Å²) in [4.78, 5) is 28.7. The summed E-state index contributed by atoms with van der Waals surface area (Å²) in [5.41, 5.74) is 1.84. The summed E-state index contributed by atoms with van der Waals surface area (Å²) in [5.74, 6) is -0.0394. The molecule has 2 amide bonds. The molecule has 2 aromatic rings. The van der Waals surface area contributed by atoms with E-state index in [1.807, 2.05) is 54.6 Å². The Morgan fingerprint density at radius 2 is 1.75 bits per heavy atom. The van der Waals surface area contributed by atoms with Crippen molar-refractivity contribution >= 4 is 33.4 Å². The summed E-state index contributed by atoms with van der Waals surface area (Å²) in [7, 11) is 0. The number of anilines is 1. The van der Waals surface area contributed by atoms with Crippen molar-refractivity contribution in [3.63, 3.8) is 0 Å². The molecule has 1 atom stereocenters. The van der Waals surface area contributed by atoms with E-state index in [9.17, 15) is 9.59 Å². The van der Waals surface area contributed by atoms with Crippen molar-refractivity contribution < 1.29 is 9.59 Å². The third-order valence-electron chi connectivity index (χ3n) is 4.31. The van der Waals surface area contributed by atoms with E-state index < -0.39 is 6.04 Å². The van der Waals surface area contributed by atoms with Crippen LogP contribution >= 0.6 is 15.9 Å². The Bertz CT molecular complexity index is 731. The summed E-state index contributed by atoms with van der Waals surface area (Å²) < 4.78 is 0.975. The van der Waals surface area contributed by atoms with Gasteiger partial charge in [0, 0.05) is 23.2 Å². The first-order valence-electron chi connectivity index (χ1n) is 7.96. The molecule has 1 aliphatic heterocycles. The summed E-state index contributed by atoms with van der Waals surface area (Å²) in [6, 6.07) is 16.8. The molecule has 0 N–H and O–H groups in total. The molecule has 1 aliphatic rings. The predicted octanol–water partition coefficient (Wildman–Crippen LogP) is 3.26. The van der Waals surface area contributed by atoms with Crippen LogP contribution in [0.25, 0.3) is 0 Å². The average Bonchev–Trinajstić information content (AvgIpc) is 2.59. The van der Waals surface area contributed by atoms with Gasteiger partial charge in [0.25, 0.3) is 0 Å². The molecule has 0 spiro atoms. The van der Waals surface area contributed by atoms with Crippen molar-refractivity contribution in [3.05, 3.63) is 64.6 Å². The van der Waals surface area contributed by atoms with Crippen LogP contribution in [0.5, 0.6) is 0 Å². The van der Waals surface area contributed by atoms with Gasteiger partial charge in [-0.2, -0.15) is 0 Å². The Labute approximate surface area is 150 Å². The van der Waals surface area contributed by atoms with Crippen LogP contribution in [-0.4, -0.2) is 35.8 Å². The van der Waals surface area contributed by atoms with E-state index in [4.69, 9.17) is 0 Å². The molecule has 0 aromatic heterocycles. The highest BCUT2D eigenvalue weighted by Gasteiger charge is 2.34. The zero-order valence-corrected chi connectivity index (χ0v) is 15.1. The number of carbonyl (C=O) groups excluding carboxylic acids is 2. The first kappa shape index (κ1) is 16.7. The van der Waals surface area contributed by atoms with Gasteiger partial charge >= 0.3 is 0 Å². The molecule has 1 heterocycles. The van der Waals surface area contributed by atoms with Gasteiger partial charge in [-0.15, -0.1) is 0 Å². The van der Waals surface area contributed by atoms with E-state index >= 15 is 0 Å². The molecule has 1 saturated heterocycles. The minimum Gasteiger partial charge on any atom is -0.329 e. The van der Waals surface area contributed by atoms with Crippen LogP contribution in [0.15, 0.2) is 59.1 Å². The molecular weight excluding hydrogens is 368 g/mol. The van der Waals surface area contributed by atoms with Crippen LogP contribution in [0.4, 0.5) is 5.69 Å². The fourth-order valence-corrected chi connectivity index (χ4v) is 3.22. The zero-order valence-electron chi connectivity index (χ0n) is 13.5. The van der Waals surface area contributed by atoms with Gasteiger partial charge in [0.15, 0.2) is 0 Å². The number of hydrogen-bond acceptors (Lipinski definition) is 2. The predicted molar refractivity (Wildman–Crippen MR) is 97.8 cm³/mol. The molecule has 0 unspecified atom stereocenters. The minimum atomic E-state index is -0.446. The quantitative estimate of drug-likeness (QED) is 0.811. The summed E-state index contributed by atoms with van der Waals surface area (Å²) in [6.07, 6.45) is 0.330. The average molecular weight is 387 g/mol. The van der Waals surface area contributed by atoms with Crippen molar-refractivity contribution in [1.82, 2.24) is 4.90 Å². The number of rotatable bonds is 3. The molecule has 0 bridgehead atoms. The molecule has 0 saturated carbocycles. The standard InChI is InChI=1S/C19H19BrN2O2/c1-14-19(24)22(17-9-7-16(20)8-10-17)12-11-21(14)18(23)13-15-5-3-2-4-6-15/h2-10,14H,11-13H2,1H3/t14-/m0/s1. The van der Waals surface area contributed by atoms with Gasteiger partial charge in [0.2, 0.25) is 11.8 Å². The number of nitrogens with zero attached hydrogens (tertiary/aromatic N) is 2. The topological polar surface area (TPSA) is 40.6 Å². The van der Waals surface area contributed by atoms with Gasteiger partial charge in [-0.1, -0.05) is 46.3 Å². The normalized spacial score (nSPS) is 17.9. The lowest BCUT2D eigenvalue weighted by molar-refractivity contribution is -0.140. The molecule has 2 aromatic carbocycles. The van der Waals surface area contributed by atoms with E-state index in [2.05, 4.69) is 15.9 Å². The molecule has 0 aliphatic carbocycles. The molecule has 24 heavy (non-hydrogen) atoms. The smallest absolute Gasteiger partial charge is 0.249 e. The maximum atomic E-state index is 12.7. The van der Waals surface area contributed by atoms with Gasteiger partial charge in [-0.25, -0.2) is 0 Å². The summed E-state index contributed by atoms with van der Waals surface area (Å²) in [5, 5.41) is 0. The second-order valence-corrected chi connectivity index (χ2v) is 6.81. The van der Waals surface area contributed by atoms with Crippen molar-refractivity contribution in [2.45, 2.75) is 19.4 Å². The number of halogens is 1. The largest absolute Gasteiger partial charge is 0.329 e. The van der Waals surface area contributed by atoms with Gasteiger partial charge in [0.05, 0.1) is 6.42 Å². The van der Waals surface area contributed by atoms with Gasteiger partial charge in [-0.3, -0.25) is 9.59 Å². The minimum absolute atomic E-state index is 0.00231. The van der Waals surface area contributed by atoms with Gasteiger partial charge in [-0.05, 0) is 36.8 Å².